The number of Topliss-reactive ketones (excluding diaryl/α,β-unsaturated/α-hetero) is 1. The van der Waals surface area contributed by atoms with Crippen molar-refractivity contribution < 1.29 is 4.79 Å². The summed E-state index contributed by atoms with van der Waals surface area (Å²) in [6.07, 6.45) is 0.190. The van der Waals surface area contributed by atoms with Gasteiger partial charge < -0.3 is 10.6 Å². The zero-order valence-corrected chi connectivity index (χ0v) is 21.3. The molecule has 3 rings (SSSR count). The molecule has 10 heteroatoms. The van der Waals surface area contributed by atoms with Gasteiger partial charge in [0.25, 0.3) is 6.54 Å². The van der Waals surface area contributed by atoms with Crippen LogP contribution in [0.1, 0.15) is 21.8 Å². The summed E-state index contributed by atoms with van der Waals surface area (Å²) in [5, 5.41) is 12.4. The Morgan fingerprint density at radius 3 is 2.19 bits per heavy atom. The number of thiocarbonyl (C=S) groups is 1. The third-order valence-electron chi connectivity index (χ3n) is 3.45. The topological polar surface area (TPSA) is 84.1 Å². The molecular formula is C22H17BrCl2N4OS2. The monoisotopic (exact) mass is 566 g/mol. The number of halogens is 3. The van der Waals surface area contributed by atoms with Crippen molar-refractivity contribution in [1.29, 1.82) is 5.26 Å². The van der Waals surface area contributed by atoms with Crippen LogP contribution in [0.2, 0.25) is 10.0 Å². The van der Waals surface area contributed by atoms with Crippen LogP contribution < -0.4 is 5.73 Å². The van der Waals surface area contributed by atoms with Crippen LogP contribution in [0.3, 0.4) is 0 Å². The van der Waals surface area contributed by atoms with E-state index in [-0.39, 0.29) is 17.2 Å². The fraction of sp³-hybridized carbons (Fsp3) is 0.136. The molecule has 0 amide bonds. The van der Waals surface area contributed by atoms with Crippen molar-refractivity contribution in [2.24, 2.45) is 5.73 Å². The van der Waals surface area contributed by atoms with Crippen LogP contribution in [0, 0.1) is 17.9 Å². The van der Waals surface area contributed by atoms with Crippen molar-refractivity contribution >= 4 is 73.5 Å². The number of thiazole rings is 1. The molecule has 0 aliphatic heterocycles. The zero-order chi connectivity index (χ0) is 23.9. The van der Waals surface area contributed by atoms with Gasteiger partial charge in [0.05, 0.1) is 28.5 Å². The lowest BCUT2D eigenvalue weighted by Crippen LogP contribution is -2.04. The summed E-state index contributed by atoms with van der Waals surface area (Å²) in [7, 11) is 0. The molecule has 3 aromatic rings. The van der Waals surface area contributed by atoms with E-state index in [1.807, 2.05) is 29.6 Å². The lowest BCUT2D eigenvalue weighted by molar-refractivity contribution is 0.102. The van der Waals surface area contributed by atoms with E-state index in [0.717, 1.165) is 21.3 Å². The number of aromatic nitrogens is 1. The molecule has 0 unspecified atom stereocenters. The van der Waals surface area contributed by atoms with E-state index >= 15 is 0 Å². The van der Waals surface area contributed by atoms with Crippen LogP contribution in [0.5, 0.6) is 0 Å². The number of carbonyl (C=O) groups excluding carboxylic acids is 1. The Hall–Kier alpha value is -2.33. The summed E-state index contributed by atoms with van der Waals surface area (Å²) in [5.41, 5.74) is 7.54. The average molecular weight is 568 g/mol. The molecule has 0 fully saturated rings. The Bertz CT molecular complexity index is 1100. The maximum Gasteiger partial charge on any atom is 0.265 e. The number of nitriles is 1. The molecule has 1 aromatic heterocycles. The first-order valence-corrected chi connectivity index (χ1v) is 12.0. The molecule has 2 aromatic carbocycles. The molecule has 0 aliphatic carbocycles. The molecule has 0 bridgehead atoms. The standard InChI is InChI=1S/C11H7ClN2S.C8H6BrClO.C3H4N2S/c1-13-6-11-14-10(7-15-11)8-2-4-9(12)5-3-8;9-5-8(11)6-1-3-7(10)4-2-6;4-2-1-3(5)6/h2-5,7H,6H2;1-4H,5H2;1H2,(H2,5,6). The molecule has 0 aliphatic rings. The van der Waals surface area contributed by atoms with Crippen molar-refractivity contribution in [2.45, 2.75) is 13.0 Å². The summed E-state index contributed by atoms with van der Waals surface area (Å²) < 4.78 is 0. The number of hydrogen-bond donors (Lipinski definition) is 1. The summed E-state index contributed by atoms with van der Waals surface area (Å²) in [6.45, 7) is 7.12. The highest BCUT2D eigenvalue weighted by molar-refractivity contribution is 9.09. The number of ketones is 1. The van der Waals surface area contributed by atoms with Crippen LogP contribution in [-0.2, 0) is 6.54 Å². The number of carbonyl (C=O) groups is 1. The van der Waals surface area contributed by atoms with Gasteiger partial charge in [0.15, 0.2) is 10.8 Å². The van der Waals surface area contributed by atoms with Crippen molar-refractivity contribution in [3.8, 4) is 17.3 Å². The van der Waals surface area contributed by atoms with Crippen molar-refractivity contribution in [3.05, 3.63) is 85.9 Å². The van der Waals surface area contributed by atoms with E-state index in [1.54, 1.807) is 30.3 Å². The van der Waals surface area contributed by atoms with Crippen molar-refractivity contribution in [1.82, 2.24) is 4.98 Å². The molecule has 32 heavy (non-hydrogen) atoms. The SMILES string of the molecule is N#CCC(N)=S.O=C(CBr)c1ccc(Cl)cc1.[C-]#[N+]Cc1nc(-c2ccc(Cl)cc2)cs1. The number of nitrogens with two attached hydrogens (primary N) is 1. The van der Waals surface area contributed by atoms with E-state index in [0.29, 0.717) is 22.5 Å². The maximum absolute atomic E-state index is 11.0. The highest BCUT2D eigenvalue weighted by atomic mass is 79.9. The molecule has 164 valence electrons. The van der Waals surface area contributed by atoms with Crippen molar-refractivity contribution in [2.75, 3.05) is 5.33 Å². The van der Waals surface area contributed by atoms with Gasteiger partial charge >= 0.3 is 0 Å². The molecule has 0 radical (unpaired) electrons. The van der Waals surface area contributed by atoms with E-state index < -0.39 is 0 Å². The molecule has 5 nitrogen and oxygen atoms in total. The van der Waals surface area contributed by atoms with Crippen LogP contribution in [0.4, 0.5) is 0 Å². The molecule has 0 atom stereocenters. The van der Waals surface area contributed by atoms with E-state index in [4.69, 9.17) is 40.8 Å². The van der Waals surface area contributed by atoms with Gasteiger partial charge in [0.2, 0.25) is 0 Å². The summed E-state index contributed by atoms with van der Waals surface area (Å²) in [4.78, 5) is 19.0. The predicted octanol–water partition coefficient (Wildman–Crippen LogP) is 6.99. The largest absolute Gasteiger partial charge is 0.392 e. The normalized spacial score (nSPS) is 9.16. The van der Waals surface area contributed by atoms with Gasteiger partial charge in [-0.25, -0.2) is 11.6 Å². The van der Waals surface area contributed by atoms with Gasteiger partial charge in [-0.2, -0.15) is 5.26 Å². The van der Waals surface area contributed by atoms with E-state index in [9.17, 15) is 4.79 Å². The van der Waals surface area contributed by atoms with Crippen LogP contribution in [0.25, 0.3) is 16.1 Å². The molecular weight excluding hydrogens is 551 g/mol. The van der Waals surface area contributed by atoms with E-state index in [2.05, 4.69) is 38.0 Å². The average Bonchev–Trinajstić information content (AvgIpc) is 3.24. The van der Waals surface area contributed by atoms with Gasteiger partial charge in [0.1, 0.15) is 0 Å². The first kappa shape index (κ1) is 27.7. The predicted molar refractivity (Wildman–Crippen MR) is 139 cm³/mol. The van der Waals surface area contributed by atoms with Gasteiger partial charge in [-0.15, -0.1) is 11.3 Å². The Labute approximate surface area is 214 Å². The Morgan fingerprint density at radius 2 is 1.75 bits per heavy atom. The number of hydrogen-bond acceptors (Lipinski definition) is 5. The van der Waals surface area contributed by atoms with Gasteiger partial charge in [0, 0.05) is 26.6 Å². The van der Waals surface area contributed by atoms with Crippen LogP contribution in [-0.4, -0.2) is 21.1 Å². The maximum atomic E-state index is 11.0. The van der Waals surface area contributed by atoms with Gasteiger partial charge in [-0.1, -0.05) is 63.5 Å². The third kappa shape index (κ3) is 10.8. The minimum Gasteiger partial charge on any atom is -0.392 e. The Morgan fingerprint density at radius 1 is 1.19 bits per heavy atom. The summed E-state index contributed by atoms with van der Waals surface area (Å²) >= 11 is 20.4. The second-order valence-corrected chi connectivity index (χ2v) is 8.72. The number of alkyl halides is 1. The Balaban J connectivity index is 0.000000265. The van der Waals surface area contributed by atoms with E-state index in [1.165, 1.54) is 11.3 Å². The quantitative estimate of drug-likeness (QED) is 0.155. The molecule has 0 saturated carbocycles. The number of benzene rings is 2. The Kier molecular flexibility index (Phi) is 13.4. The molecule has 0 saturated heterocycles. The van der Waals surface area contributed by atoms with Gasteiger partial charge in [-0.3, -0.25) is 4.79 Å². The first-order valence-electron chi connectivity index (χ1n) is 8.84. The third-order valence-corrected chi connectivity index (χ3v) is 5.44. The van der Waals surface area contributed by atoms with Crippen LogP contribution in [0.15, 0.2) is 53.9 Å². The second-order valence-electron chi connectivity index (χ2n) is 5.81. The number of rotatable bonds is 5. The minimum absolute atomic E-state index is 0.0710. The molecule has 0 spiro atoms. The van der Waals surface area contributed by atoms with Gasteiger partial charge in [-0.05, 0) is 36.4 Å². The summed E-state index contributed by atoms with van der Waals surface area (Å²) in [5.74, 6) is 0.0710. The lowest BCUT2D eigenvalue weighted by atomic mass is 10.2. The zero-order valence-electron chi connectivity index (χ0n) is 16.6. The fourth-order valence-corrected chi connectivity index (χ4v) is 3.36. The summed E-state index contributed by atoms with van der Waals surface area (Å²) in [6, 6.07) is 16.2. The smallest absolute Gasteiger partial charge is 0.265 e. The highest BCUT2D eigenvalue weighted by Crippen LogP contribution is 2.23. The fourth-order valence-electron chi connectivity index (χ4n) is 2.00. The lowest BCUT2D eigenvalue weighted by Gasteiger charge is -1.95. The highest BCUT2D eigenvalue weighted by Gasteiger charge is 2.05. The molecule has 1 heterocycles. The second kappa shape index (κ2) is 15.5. The molecule has 2 N–H and O–H groups in total. The van der Waals surface area contributed by atoms with Crippen molar-refractivity contribution in [3.63, 3.8) is 0 Å². The van der Waals surface area contributed by atoms with Crippen LogP contribution >= 0.6 is 62.7 Å². The number of nitrogens with zero attached hydrogens (tertiary/aromatic N) is 3. The minimum atomic E-state index is 0.0710. The first-order chi connectivity index (χ1) is 15.3.